The molecule has 1 saturated carbocycles. The van der Waals surface area contributed by atoms with E-state index in [1.807, 2.05) is 29.2 Å². The van der Waals surface area contributed by atoms with Gasteiger partial charge in [0.25, 0.3) is 0 Å². The van der Waals surface area contributed by atoms with Gasteiger partial charge in [0.15, 0.2) is 0 Å². The van der Waals surface area contributed by atoms with Crippen LogP contribution >= 0.6 is 11.6 Å². The van der Waals surface area contributed by atoms with Crippen LogP contribution in [0, 0.1) is 11.8 Å². The van der Waals surface area contributed by atoms with Gasteiger partial charge in [0.1, 0.15) is 0 Å². The summed E-state index contributed by atoms with van der Waals surface area (Å²) in [4.78, 5) is 26.5. The first-order chi connectivity index (χ1) is 11.6. The molecule has 1 aromatic rings. The zero-order valence-corrected chi connectivity index (χ0v) is 14.7. The quantitative estimate of drug-likeness (QED) is 0.889. The summed E-state index contributed by atoms with van der Waals surface area (Å²) in [5.74, 6) is 0.719. The molecule has 24 heavy (non-hydrogen) atoms. The molecule has 130 valence electrons. The Morgan fingerprint density at radius 2 is 1.88 bits per heavy atom. The Morgan fingerprint density at radius 1 is 1.12 bits per heavy atom. The van der Waals surface area contributed by atoms with Crippen LogP contribution in [0.2, 0.25) is 5.02 Å². The molecule has 0 spiro atoms. The van der Waals surface area contributed by atoms with Crippen molar-refractivity contribution in [1.29, 1.82) is 0 Å². The number of carbonyl (C=O) groups is 2. The Balaban J connectivity index is 1.38. The Hall–Kier alpha value is -1.55. The van der Waals surface area contributed by atoms with Crippen molar-refractivity contribution >= 4 is 23.4 Å². The van der Waals surface area contributed by atoms with E-state index >= 15 is 0 Å². The van der Waals surface area contributed by atoms with Crippen LogP contribution in [0.15, 0.2) is 24.3 Å². The molecule has 0 radical (unpaired) electrons. The summed E-state index contributed by atoms with van der Waals surface area (Å²) in [5.41, 5.74) is 1.13. The Kier molecular flexibility index (Phi) is 5.77. The molecule has 2 amide bonds. The summed E-state index contributed by atoms with van der Waals surface area (Å²) in [7, 11) is 0. The van der Waals surface area contributed by atoms with Crippen molar-refractivity contribution in [1.82, 2.24) is 10.2 Å². The van der Waals surface area contributed by atoms with Crippen molar-refractivity contribution in [2.75, 3.05) is 19.6 Å². The largest absolute Gasteiger partial charge is 0.356 e. The van der Waals surface area contributed by atoms with Gasteiger partial charge in [-0.05, 0) is 49.8 Å². The van der Waals surface area contributed by atoms with Crippen molar-refractivity contribution in [2.24, 2.45) is 11.8 Å². The smallest absolute Gasteiger partial charge is 0.225 e. The molecule has 0 atom stereocenters. The first-order valence-electron chi connectivity index (χ1n) is 8.94. The molecule has 5 heteroatoms. The van der Waals surface area contributed by atoms with Crippen LogP contribution in [0.1, 0.15) is 37.7 Å². The predicted octanol–water partition coefficient (Wildman–Crippen LogP) is 3.04. The fourth-order valence-corrected chi connectivity index (χ4v) is 3.66. The van der Waals surface area contributed by atoms with E-state index in [9.17, 15) is 9.59 Å². The highest BCUT2D eigenvalue weighted by molar-refractivity contribution is 6.30. The molecule has 0 aromatic heterocycles. The van der Waals surface area contributed by atoms with Gasteiger partial charge in [-0.25, -0.2) is 0 Å². The minimum absolute atomic E-state index is 0.0369. The zero-order chi connectivity index (χ0) is 16.9. The number of carbonyl (C=O) groups excluding carboxylic acids is 2. The van der Waals surface area contributed by atoms with E-state index in [1.54, 1.807) is 0 Å². The third-order valence-electron chi connectivity index (χ3n) is 5.23. The minimum atomic E-state index is 0.0369. The highest BCUT2D eigenvalue weighted by Gasteiger charge is 2.33. The van der Waals surface area contributed by atoms with Crippen LogP contribution in [0.25, 0.3) is 0 Å². The average molecular weight is 349 g/mol. The van der Waals surface area contributed by atoms with Gasteiger partial charge in [0, 0.05) is 36.5 Å². The lowest BCUT2D eigenvalue weighted by Gasteiger charge is -2.36. The molecule has 4 nitrogen and oxygen atoms in total. The molecule has 0 bridgehead atoms. The highest BCUT2D eigenvalue weighted by Crippen LogP contribution is 2.30. The highest BCUT2D eigenvalue weighted by atomic mass is 35.5. The van der Waals surface area contributed by atoms with Gasteiger partial charge >= 0.3 is 0 Å². The summed E-state index contributed by atoms with van der Waals surface area (Å²) in [6, 6.07) is 7.72. The van der Waals surface area contributed by atoms with Crippen molar-refractivity contribution in [3.63, 3.8) is 0 Å². The molecule has 1 saturated heterocycles. The number of hydrogen-bond donors (Lipinski definition) is 1. The zero-order valence-electron chi connectivity index (χ0n) is 14.0. The third-order valence-corrected chi connectivity index (χ3v) is 5.47. The number of likely N-dealkylation sites (tertiary alicyclic amines) is 1. The van der Waals surface area contributed by atoms with Gasteiger partial charge in [0.05, 0.1) is 0 Å². The summed E-state index contributed by atoms with van der Waals surface area (Å²) < 4.78 is 0. The normalized spacial score (nSPS) is 19.0. The van der Waals surface area contributed by atoms with Crippen LogP contribution in [0.4, 0.5) is 0 Å². The van der Waals surface area contributed by atoms with E-state index in [0.717, 1.165) is 55.8 Å². The van der Waals surface area contributed by atoms with Gasteiger partial charge in [0.2, 0.25) is 11.8 Å². The number of nitrogens with one attached hydrogen (secondary N) is 1. The first kappa shape index (κ1) is 17.3. The summed E-state index contributed by atoms with van der Waals surface area (Å²) >= 11 is 5.96. The second-order valence-electron chi connectivity index (χ2n) is 6.90. The predicted molar refractivity (Wildman–Crippen MR) is 94.8 cm³/mol. The molecule has 1 aliphatic carbocycles. The number of piperidine rings is 1. The Morgan fingerprint density at radius 3 is 2.50 bits per heavy atom. The second-order valence-corrected chi connectivity index (χ2v) is 7.33. The van der Waals surface area contributed by atoms with Crippen molar-refractivity contribution in [3.8, 4) is 0 Å². The van der Waals surface area contributed by atoms with Gasteiger partial charge in [-0.1, -0.05) is 30.2 Å². The lowest BCUT2D eigenvalue weighted by molar-refractivity contribution is -0.141. The lowest BCUT2D eigenvalue weighted by atomic mass is 9.83. The molecule has 0 unspecified atom stereocenters. The monoisotopic (exact) mass is 348 g/mol. The van der Waals surface area contributed by atoms with Crippen LogP contribution in [0.5, 0.6) is 0 Å². The summed E-state index contributed by atoms with van der Waals surface area (Å²) in [6.07, 6.45) is 5.61. The van der Waals surface area contributed by atoms with Crippen molar-refractivity contribution < 1.29 is 9.59 Å². The Labute approximate surface area is 148 Å². The van der Waals surface area contributed by atoms with Gasteiger partial charge in [-0.2, -0.15) is 0 Å². The van der Waals surface area contributed by atoms with Gasteiger partial charge < -0.3 is 10.2 Å². The number of amides is 2. The van der Waals surface area contributed by atoms with Gasteiger partial charge in [-0.3, -0.25) is 9.59 Å². The second kappa shape index (κ2) is 8.02. The van der Waals surface area contributed by atoms with E-state index in [1.165, 1.54) is 6.42 Å². The standard InChI is InChI=1S/C19H25ClN2O2/c20-17-6-1-3-14(13-17)7-10-21-18(23)15-8-11-22(12-9-15)19(24)16-4-2-5-16/h1,3,6,13,15-16H,2,4-5,7-12H2,(H,21,23). The molecular formula is C19H25ClN2O2. The lowest BCUT2D eigenvalue weighted by Crippen LogP contribution is -2.46. The molecule has 1 N–H and O–H groups in total. The topological polar surface area (TPSA) is 49.4 Å². The maximum absolute atomic E-state index is 12.3. The average Bonchev–Trinajstić information content (AvgIpc) is 2.53. The number of rotatable bonds is 5. The van der Waals surface area contributed by atoms with Gasteiger partial charge in [-0.15, -0.1) is 0 Å². The SMILES string of the molecule is O=C(NCCc1cccc(Cl)c1)C1CCN(C(=O)C2CCC2)CC1. The first-order valence-corrected chi connectivity index (χ1v) is 9.32. The van der Waals surface area contributed by atoms with E-state index in [-0.39, 0.29) is 17.7 Å². The third kappa shape index (κ3) is 4.29. The minimum Gasteiger partial charge on any atom is -0.356 e. The van der Waals surface area contributed by atoms with Crippen molar-refractivity contribution in [3.05, 3.63) is 34.9 Å². The molecule has 3 rings (SSSR count). The summed E-state index contributed by atoms with van der Waals surface area (Å²) in [6.45, 7) is 2.07. The molecule has 2 aliphatic rings. The van der Waals surface area contributed by atoms with E-state index < -0.39 is 0 Å². The van der Waals surface area contributed by atoms with Crippen molar-refractivity contribution in [2.45, 2.75) is 38.5 Å². The number of nitrogens with zero attached hydrogens (tertiary/aromatic N) is 1. The van der Waals surface area contributed by atoms with Crippen LogP contribution in [-0.2, 0) is 16.0 Å². The molecular weight excluding hydrogens is 324 g/mol. The fourth-order valence-electron chi connectivity index (χ4n) is 3.44. The molecule has 2 fully saturated rings. The molecule has 1 aliphatic heterocycles. The van der Waals surface area contributed by atoms with E-state index in [4.69, 9.17) is 11.6 Å². The van der Waals surface area contributed by atoms with Crippen LogP contribution < -0.4 is 5.32 Å². The number of hydrogen-bond acceptors (Lipinski definition) is 2. The maximum Gasteiger partial charge on any atom is 0.225 e. The maximum atomic E-state index is 12.3. The number of halogens is 1. The number of benzene rings is 1. The molecule has 1 aromatic carbocycles. The Bertz CT molecular complexity index is 593. The summed E-state index contributed by atoms with van der Waals surface area (Å²) in [5, 5.41) is 3.75. The van der Waals surface area contributed by atoms with E-state index in [0.29, 0.717) is 12.5 Å². The van der Waals surface area contributed by atoms with E-state index in [2.05, 4.69) is 5.32 Å². The molecule has 1 heterocycles. The fraction of sp³-hybridized carbons (Fsp3) is 0.579. The van der Waals surface area contributed by atoms with Crippen LogP contribution in [0.3, 0.4) is 0 Å². The van der Waals surface area contributed by atoms with Crippen LogP contribution in [-0.4, -0.2) is 36.3 Å².